The highest BCUT2D eigenvalue weighted by atomic mass is 35.5. The predicted octanol–water partition coefficient (Wildman–Crippen LogP) is 1.36. The Morgan fingerprint density at radius 2 is 2.29 bits per heavy atom. The summed E-state index contributed by atoms with van der Waals surface area (Å²) in [5.74, 6) is -0.193. The van der Waals surface area contributed by atoms with Crippen LogP contribution in [-0.4, -0.2) is 50.9 Å². The van der Waals surface area contributed by atoms with E-state index in [0.717, 1.165) is 25.9 Å². The first-order chi connectivity index (χ1) is 11.1. The molecule has 0 aromatic carbocycles. The predicted molar refractivity (Wildman–Crippen MR) is 97.1 cm³/mol. The molecule has 1 aromatic heterocycles. The minimum Gasteiger partial charge on any atom is -0.351 e. The number of rotatable bonds is 5. The van der Waals surface area contributed by atoms with Crippen LogP contribution in [0.5, 0.6) is 0 Å². The van der Waals surface area contributed by atoms with E-state index in [2.05, 4.69) is 16.7 Å². The monoisotopic (exact) mass is 391 g/mol. The van der Waals surface area contributed by atoms with E-state index in [-0.39, 0.29) is 18.3 Å². The van der Waals surface area contributed by atoms with Crippen LogP contribution < -0.4 is 10.6 Å². The molecule has 6 nitrogen and oxygen atoms in total. The van der Waals surface area contributed by atoms with Crippen LogP contribution in [0.1, 0.15) is 19.3 Å². The van der Waals surface area contributed by atoms with Crippen molar-refractivity contribution >= 4 is 39.7 Å². The van der Waals surface area contributed by atoms with Crippen LogP contribution in [0.3, 0.4) is 0 Å². The third-order valence-corrected chi connectivity index (χ3v) is 7.49. The minimum atomic E-state index is -3.57. The Balaban J connectivity index is 0.00000208. The fourth-order valence-electron chi connectivity index (χ4n) is 2.96. The standard InChI is InChI=1S/C15H21N3O3S2.ClH/c19-15(17-11-12-5-7-16-8-6-12)13-3-1-9-18(13)23(20,21)14-4-2-10-22-14;/h2,4-5,10,13,16H,1,3,6-9,11H2,(H,17,19);1H. The molecule has 1 amide bonds. The Morgan fingerprint density at radius 1 is 1.46 bits per heavy atom. The Bertz CT molecular complexity index is 689. The summed E-state index contributed by atoms with van der Waals surface area (Å²) in [5, 5.41) is 7.87. The van der Waals surface area contributed by atoms with E-state index >= 15 is 0 Å². The number of nitrogens with one attached hydrogen (secondary N) is 2. The number of sulfonamides is 1. The summed E-state index contributed by atoms with van der Waals surface area (Å²) < 4.78 is 27.0. The van der Waals surface area contributed by atoms with E-state index in [1.165, 1.54) is 21.2 Å². The zero-order valence-electron chi connectivity index (χ0n) is 13.2. The van der Waals surface area contributed by atoms with Crippen LogP contribution in [0.15, 0.2) is 33.4 Å². The highest BCUT2D eigenvalue weighted by molar-refractivity contribution is 7.91. The van der Waals surface area contributed by atoms with Crippen molar-refractivity contribution < 1.29 is 13.2 Å². The second-order valence-corrected chi connectivity index (χ2v) is 8.81. The molecule has 24 heavy (non-hydrogen) atoms. The molecule has 2 aliphatic rings. The summed E-state index contributed by atoms with van der Waals surface area (Å²) in [6, 6.07) is 2.71. The van der Waals surface area contributed by atoms with Crippen LogP contribution in [0, 0.1) is 0 Å². The summed E-state index contributed by atoms with van der Waals surface area (Å²) in [7, 11) is -3.57. The summed E-state index contributed by atoms with van der Waals surface area (Å²) in [5.41, 5.74) is 1.20. The summed E-state index contributed by atoms with van der Waals surface area (Å²) >= 11 is 1.19. The molecule has 0 bridgehead atoms. The number of amides is 1. The molecular weight excluding hydrogens is 370 g/mol. The lowest BCUT2D eigenvalue weighted by Crippen LogP contribution is -2.46. The summed E-state index contributed by atoms with van der Waals surface area (Å²) in [6.07, 6.45) is 4.30. The zero-order chi connectivity index (χ0) is 16.3. The van der Waals surface area contributed by atoms with Crippen molar-refractivity contribution in [3.63, 3.8) is 0 Å². The number of carbonyl (C=O) groups excluding carboxylic acids is 1. The molecule has 0 aliphatic carbocycles. The molecule has 9 heteroatoms. The number of halogens is 1. The lowest BCUT2D eigenvalue weighted by molar-refractivity contribution is -0.124. The maximum absolute atomic E-state index is 12.7. The SMILES string of the molecule is Cl.O=C(NCC1=CCNCC1)C1CCCN1S(=O)(=O)c1cccs1. The van der Waals surface area contributed by atoms with Crippen molar-refractivity contribution in [2.75, 3.05) is 26.2 Å². The van der Waals surface area contributed by atoms with Gasteiger partial charge in [0, 0.05) is 19.6 Å². The molecule has 1 aromatic rings. The highest BCUT2D eigenvalue weighted by Gasteiger charge is 2.39. The van der Waals surface area contributed by atoms with Crippen molar-refractivity contribution in [2.45, 2.75) is 29.5 Å². The molecule has 0 saturated carbocycles. The first-order valence-electron chi connectivity index (χ1n) is 7.81. The van der Waals surface area contributed by atoms with E-state index in [1.54, 1.807) is 17.5 Å². The Kier molecular flexibility index (Phi) is 6.82. The van der Waals surface area contributed by atoms with Gasteiger partial charge in [-0.2, -0.15) is 4.31 Å². The Labute approximate surface area is 152 Å². The first-order valence-corrected chi connectivity index (χ1v) is 10.1. The van der Waals surface area contributed by atoms with Crippen LogP contribution in [0.25, 0.3) is 0 Å². The molecule has 2 N–H and O–H groups in total. The van der Waals surface area contributed by atoms with E-state index in [4.69, 9.17) is 0 Å². The van der Waals surface area contributed by atoms with Crippen LogP contribution in [0.4, 0.5) is 0 Å². The maximum Gasteiger partial charge on any atom is 0.253 e. The fourth-order valence-corrected chi connectivity index (χ4v) is 5.74. The molecular formula is C15H22ClN3O3S2. The molecule has 3 heterocycles. The van der Waals surface area contributed by atoms with Crippen molar-refractivity contribution in [1.82, 2.24) is 14.9 Å². The van der Waals surface area contributed by atoms with Gasteiger partial charge in [0.1, 0.15) is 10.3 Å². The minimum absolute atomic E-state index is 0. The molecule has 3 rings (SSSR count). The van der Waals surface area contributed by atoms with Gasteiger partial charge in [0.15, 0.2) is 0 Å². The summed E-state index contributed by atoms with van der Waals surface area (Å²) in [4.78, 5) is 12.5. The number of carbonyl (C=O) groups is 1. The summed E-state index contributed by atoms with van der Waals surface area (Å²) in [6.45, 7) is 2.66. The maximum atomic E-state index is 12.7. The van der Waals surface area contributed by atoms with Gasteiger partial charge in [-0.15, -0.1) is 23.7 Å². The van der Waals surface area contributed by atoms with Crippen molar-refractivity contribution in [1.29, 1.82) is 0 Å². The van der Waals surface area contributed by atoms with Gasteiger partial charge in [-0.1, -0.05) is 17.7 Å². The third-order valence-electron chi connectivity index (χ3n) is 4.21. The van der Waals surface area contributed by atoms with E-state index in [1.807, 2.05) is 0 Å². The largest absolute Gasteiger partial charge is 0.351 e. The van der Waals surface area contributed by atoms with Gasteiger partial charge in [-0.25, -0.2) is 8.42 Å². The van der Waals surface area contributed by atoms with Gasteiger partial charge in [0.25, 0.3) is 10.0 Å². The van der Waals surface area contributed by atoms with E-state index in [9.17, 15) is 13.2 Å². The molecule has 1 saturated heterocycles. The van der Waals surface area contributed by atoms with Gasteiger partial charge in [-0.05, 0) is 37.3 Å². The first kappa shape index (κ1) is 19.4. The smallest absolute Gasteiger partial charge is 0.253 e. The fraction of sp³-hybridized carbons (Fsp3) is 0.533. The molecule has 134 valence electrons. The molecule has 0 spiro atoms. The Morgan fingerprint density at radius 3 is 2.96 bits per heavy atom. The normalized spacial score (nSPS) is 21.8. The van der Waals surface area contributed by atoms with Gasteiger partial charge in [-0.3, -0.25) is 4.79 Å². The lowest BCUT2D eigenvalue weighted by atomic mass is 10.1. The Hall–Kier alpha value is -0.930. The van der Waals surface area contributed by atoms with E-state index in [0.29, 0.717) is 23.7 Å². The van der Waals surface area contributed by atoms with Crippen molar-refractivity contribution in [2.24, 2.45) is 0 Å². The second kappa shape index (κ2) is 8.44. The molecule has 0 radical (unpaired) electrons. The topological polar surface area (TPSA) is 78.5 Å². The molecule has 1 fully saturated rings. The van der Waals surface area contributed by atoms with Crippen LogP contribution in [0.2, 0.25) is 0 Å². The number of hydrogen-bond acceptors (Lipinski definition) is 5. The highest BCUT2D eigenvalue weighted by Crippen LogP contribution is 2.28. The van der Waals surface area contributed by atoms with Crippen LogP contribution >= 0.6 is 23.7 Å². The molecule has 1 atom stereocenters. The van der Waals surface area contributed by atoms with Gasteiger partial charge >= 0.3 is 0 Å². The average molecular weight is 392 g/mol. The average Bonchev–Trinajstić information content (AvgIpc) is 3.25. The van der Waals surface area contributed by atoms with Gasteiger partial charge < -0.3 is 10.6 Å². The van der Waals surface area contributed by atoms with Crippen molar-refractivity contribution in [3.05, 3.63) is 29.2 Å². The third kappa shape index (κ3) is 4.18. The van der Waals surface area contributed by atoms with E-state index < -0.39 is 16.1 Å². The van der Waals surface area contributed by atoms with Gasteiger partial charge in [0.05, 0.1) is 0 Å². The second-order valence-electron chi connectivity index (χ2n) is 5.74. The number of hydrogen-bond donors (Lipinski definition) is 2. The lowest BCUT2D eigenvalue weighted by Gasteiger charge is -2.23. The number of thiophene rings is 1. The van der Waals surface area contributed by atoms with Crippen molar-refractivity contribution in [3.8, 4) is 0 Å². The zero-order valence-corrected chi connectivity index (χ0v) is 15.7. The molecule has 1 unspecified atom stereocenters. The molecule has 2 aliphatic heterocycles. The quantitative estimate of drug-likeness (QED) is 0.743. The number of nitrogens with zero attached hydrogens (tertiary/aromatic N) is 1. The van der Waals surface area contributed by atoms with Crippen LogP contribution in [-0.2, 0) is 14.8 Å². The van der Waals surface area contributed by atoms with Gasteiger partial charge in [0.2, 0.25) is 5.91 Å².